The highest BCUT2D eigenvalue weighted by atomic mass is 15.0. The minimum Gasteiger partial charge on any atom is -0.348 e. The Morgan fingerprint density at radius 2 is 2.47 bits per heavy atom. The molecule has 0 aliphatic heterocycles. The van der Waals surface area contributed by atoms with Crippen molar-refractivity contribution in [1.29, 1.82) is 0 Å². The maximum atomic E-state index is 4.20. The molecule has 0 spiro atoms. The van der Waals surface area contributed by atoms with Gasteiger partial charge in [-0.05, 0) is 31.2 Å². The van der Waals surface area contributed by atoms with Crippen molar-refractivity contribution in [3.05, 3.63) is 18.2 Å². The van der Waals surface area contributed by atoms with E-state index in [2.05, 4.69) is 22.2 Å². The van der Waals surface area contributed by atoms with Crippen LogP contribution in [0.1, 0.15) is 38.4 Å². The molecular formula is C12H21N3. The Morgan fingerprint density at radius 1 is 1.53 bits per heavy atom. The first-order valence-electron chi connectivity index (χ1n) is 6.03. The summed E-state index contributed by atoms with van der Waals surface area (Å²) in [7, 11) is 0. The van der Waals surface area contributed by atoms with E-state index in [1.54, 1.807) is 6.20 Å². The van der Waals surface area contributed by atoms with Gasteiger partial charge in [0.2, 0.25) is 0 Å². The van der Waals surface area contributed by atoms with E-state index >= 15 is 0 Å². The molecule has 0 saturated heterocycles. The molecule has 0 radical (unpaired) electrons. The van der Waals surface area contributed by atoms with Crippen LogP contribution in [0.25, 0.3) is 0 Å². The molecule has 1 saturated carbocycles. The molecule has 0 bridgehead atoms. The molecule has 1 heterocycles. The predicted molar refractivity (Wildman–Crippen MR) is 61.4 cm³/mol. The first-order chi connectivity index (χ1) is 7.34. The van der Waals surface area contributed by atoms with Crippen LogP contribution in [0.2, 0.25) is 0 Å². The highest BCUT2D eigenvalue weighted by molar-refractivity contribution is 4.86. The molecule has 2 unspecified atom stereocenters. The molecule has 0 aromatic carbocycles. The van der Waals surface area contributed by atoms with E-state index in [0.29, 0.717) is 0 Å². The number of hydrogen-bond donors (Lipinski definition) is 2. The van der Waals surface area contributed by atoms with Crippen LogP contribution < -0.4 is 5.32 Å². The summed E-state index contributed by atoms with van der Waals surface area (Å²) in [6, 6.07) is 0. The van der Waals surface area contributed by atoms with Gasteiger partial charge in [0.25, 0.3) is 0 Å². The van der Waals surface area contributed by atoms with Crippen molar-refractivity contribution in [2.24, 2.45) is 11.8 Å². The van der Waals surface area contributed by atoms with Crippen LogP contribution in [0, 0.1) is 11.8 Å². The van der Waals surface area contributed by atoms with Crippen molar-refractivity contribution in [1.82, 2.24) is 15.3 Å². The Hall–Kier alpha value is -0.830. The molecule has 15 heavy (non-hydrogen) atoms. The first kappa shape index (κ1) is 10.7. The molecule has 1 fully saturated rings. The van der Waals surface area contributed by atoms with Crippen LogP contribution in [0.4, 0.5) is 0 Å². The van der Waals surface area contributed by atoms with E-state index in [-0.39, 0.29) is 0 Å². The molecule has 84 valence electrons. The van der Waals surface area contributed by atoms with Crippen molar-refractivity contribution in [3.8, 4) is 0 Å². The Bertz CT molecular complexity index is 268. The number of nitrogens with one attached hydrogen (secondary N) is 2. The van der Waals surface area contributed by atoms with Crippen LogP contribution in [-0.4, -0.2) is 16.5 Å². The number of nitrogens with zero attached hydrogens (tertiary/aromatic N) is 1. The molecule has 1 aliphatic carbocycles. The van der Waals surface area contributed by atoms with Crippen molar-refractivity contribution < 1.29 is 0 Å². The first-order valence-corrected chi connectivity index (χ1v) is 6.03. The summed E-state index contributed by atoms with van der Waals surface area (Å²) in [4.78, 5) is 7.31. The van der Waals surface area contributed by atoms with E-state index in [9.17, 15) is 0 Å². The zero-order valence-corrected chi connectivity index (χ0v) is 9.50. The summed E-state index contributed by atoms with van der Waals surface area (Å²) in [6.45, 7) is 4.39. The predicted octanol–water partition coefficient (Wildman–Crippen LogP) is 2.33. The van der Waals surface area contributed by atoms with Crippen LogP contribution >= 0.6 is 0 Å². The van der Waals surface area contributed by atoms with Gasteiger partial charge in [0.05, 0.1) is 6.54 Å². The quantitative estimate of drug-likeness (QED) is 0.795. The molecule has 3 nitrogen and oxygen atoms in total. The molecule has 1 aromatic rings. The van der Waals surface area contributed by atoms with Gasteiger partial charge in [0.15, 0.2) is 0 Å². The van der Waals surface area contributed by atoms with Gasteiger partial charge in [0, 0.05) is 12.4 Å². The van der Waals surface area contributed by atoms with Crippen molar-refractivity contribution in [3.63, 3.8) is 0 Å². The number of aromatic nitrogens is 2. The summed E-state index contributed by atoms with van der Waals surface area (Å²) >= 11 is 0. The zero-order valence-electron chi connectivity index (χ0n) is 9.50. The van der Waals surface area contributed by atoms with Gasteiger partial charge in [0.1, 0.15) is 5.82 Å². The summed E-state index contributed by atoms with van der Waals surface area (Å²) in [5.74, 6) is 2.84. The van der Waals surface area contributed by atoms with Gasteiger partial charge in [-0.2, -0.15) is 0 Å². The topological polar surface area (TPSA) is 40.7 Å². The lowest BCUT2D eigenvalue weighted by Crippen LogP contribution is -2.26. The van der Waals surface area contributed by atoms with Crippen LogP contribution in [0.15, 0.2) is 12.4 Å². The fourth-order valence-corrected chi connectivity index (χ4v) is 2.53. The molecule has 3 heteroatoms. The molecule has 0 amide bonds. The Morgan fingerprint density at radius 3 is 3.20 bits per heavy atom. The van der Waals surface area contributed by atoms with Crippen molar-refractivity contribution in [2.75, 3.05) is 6.54 Å². The van der Waals surface area contributed by atoms with Gasteiger partial charge in [-0.15, -0.1) is 0 Å². The lowest BCUT2D eigenvalue weighted by molar-refractivity contribution is 0.273. The number of aromatic amines is 1. The number of imidazole rings is 1. The summed E-state index contributed by atoms with van der Waals surface area (Å²) in [5.41, 5.74) is 0. The highest BCUT2D eigenvalue weighted by Crippen LogP contribution is 2.27. The van der Waals surface area contributed by atoms with Crippen molar-refractivity contribution >= 4 is 0 Å². The lowest BCUT2D eigenvalue weighted by Gasteiger charge is -2.26. The Labute approximate surface area is 91.7 Å². The number of rotatable bonds is 4. The fraction of sp³-hybridized carbons (Fsp3) is 0.750. The molecule has 2 atom stereocenters. The third-order valence-corrected chi connectivity index (χ3v) is 3.33. The van der Waals surface area contributed by atoms with Crippen LogP contribution in [0.3, 0.4) is 0 Å². The molecule has 1 aromatic heterocycles. The minimum atomic E-state index is 0.873. The largest absolute Gasteiger partial charge is 0.348 e. The Balaban J connectivity index is 1.65. The average molecular weight is 207 g/mol. The SMILES string of the molecule is CC1CCCC(CNCc2ncc[nH]2)C1. The van der Waals surface area contributed by atoms with Gasteiger partial charge < -0.3 is 10.3 Å². The molecule has 1 aliphatic rings. The zero-order chi connectivity index (χ0) is 10.5. The third-order valence-electron chi connectivity index (χ3n) is 3.33. The number of H-pyrrole nitrogens is 1. The lowest BCUT2D eigenvalue weighted by atomic mass is 9.82. The maximum absolute atomic E-state index is 4.20. The number of hydrogen-bond acceptors (Lipinski definition) is 2. The molecular weight excluding hydrogens is 186 g/mol. The van der Waals surface area contributed by atoms with E-state index < -0.39 is 0 Å². The third kappa shape index (κ3) is 3.34. The molecule has 2 N–H and O–H groups in total. The van der Waals surface area contributed by atoms with Crippen LogP contribution in [0.5, 0.6) is 0 Å². The van der Waals surface area contributed by atoms with Crippen LogP contribution in [-0.2, 0) is 6.54 Å². The standard InChI is InChI=1S/C12H21N3/c1-10-3-2-4-11(7-10)8-13-9-12-14-5-6-15-12/h5-6,10-11,13H,2-4,7-9H2,1H3,(H,14,15). The van der Waals surface area contributed by atoms with Crippen molar-refractivity contribution in [2.45, 2.75) is 39.2 Å². The fourth-order valence-electron chi connectivity index (χ4n) is 2.53. The van der Waals surface area contributed by atoms with E-state index in [4.69, 9.17) is 0 Å². The van der Waals surface area contributed by atoms with Gasteiger partial charge in [-0.25, -0.2) is 4.98 Å². The smallest absolute Gasteiger partial charge is 0.120 e. The second-order valence-electron chi connectivity index (χ2n) is 4.80. The molecule has 2 rings (SSSR count). The maximum Gasteiger partial charge on any atom is 0.120 e. The van der Waals surface area contributed by atoms with E-state index in [0.717, 1.165) is 30.7 Å². The second-order valence-corrected chi connectivity index (χ2v) is 4.80. The van der Waals surface area contributed by atoms with Gasteiger partial charge in [-0.3, -0.25) is 0 Å². The highest BCUT2D eigenvalue weighted by Gasteiger charge is 2.18. The Kier molecular flexibility index (Phi) is 3.78. The van der Waals surface area contributed by atoms with Gasteiger partial charge in [-0.1, -0.05) is 19.8 Å². The normalized spacial score (nSPS) is 26.7. The monoisotopic (exact) mass is 207 g/mol. The van der Waals surface area contributed by atoms with E-state index in [1.165, 1.54) is 25.7 Å². The van der Waals surface area contributed by atoms with E-state index in [1.807, 2.05) is 6.20 Å². The summed E-state index contributed by atoms with van der Waals surface area (Å²) in [5, 5.41) is 3.48. The summed E-state index contributed by atoms with van der Waals surface area (Å²) < 4.78 is 0. The minimum absolute atomic E-state index is 0.873. The summed E-state index contributed by atoms with van der Waals surface area (Å²) in [6.07, 6.45) is 9.31. The second kappa shape index (κ2) is 5.31. The van der Waals surface area contributed by atoms with Gasteiger partial charge >= 0.3 is 0 Å². The average Bonchev–Trinajstić information content (AvgIpc) is 2.71.